The van der Waals surface area contributed by atoms with Gasteiger partial charge in [-0.15, -0.1) is 11.8 Å². The summed E-state index contributed by atoms with van der Waals surface area (Å²) in [4.78, 5) is 11.1. The second-order valence-corrected chi connectivity index (χ2v) is 3.67. The van der Waals surface area contributed by atoms with Gasteiger partial charge in [0.1, 0.15) is 5.78 Å². The van der Waals surface area contributed by atoms with Gasteiger partial charge in [-0.2, -0.15) is 11.8 Å². The average Bonchev–Trinajstić information content (AvgIpc) is 2.37. The molecule has 0 spiro atoms. The summed E-state index contributed by atoms with van der Waals surface area (Å²) in [6.07, 6.45) is 1.85. The normalized spacial score (nSPS) is 23.0. The van der Waals surface area contributed by atoms with Crippen molar-refractivity contribution in [3.8, 4) is 11.8 Å². The van der Waals surface area contributed by atoms with Crippen LogP contribution in [0.3, 0.4) is 0 Å². The maximum Gasteiger partial charge on any atom is 0.146 e. The molecule has 1 rings (SSSR count). The SMILES string of the molecule is CC#CCCC1CSCC1=O. The van der Waals surface area contributed by atoms with Gasteiger partial charge >= 0.3 is 0 Å². The highest BCUT2D eigenvalue weighted by Crippen LogP contribution is 2.23. The molecule has 60 valence electrons. The molecular formula is C9H12OS. The zero-order valence-corrected chi connectivity index (χ0v) is 7.54. The number of ketones is 1. The summed E-state index contributed by atoms with van der Waals surface area (Å²) in [5, 5.41) is 0. The Balaban J connectivity index is 2.24. The van der Waals surface area contributed by atoms with Crippen molar-refractivity contribution in [1.82, 2.24) is 0 Å². The Morgan fingerprint density at radius 2 is 2.55 bits per heavy atom. The molecule has 0 saturated carbocycles. The molecule has 1 heterocycles. The van der Waals surface area contributed by atoms with Crippen molar-refractivity contribution < 1.29 is 4.79 Å². The van der Waals surface area contributed by atoms with Crippen LogP contribution in [0.4, 0.5) is 0 Å². The van der Waals surface area contributed by atoms with E-state index < -0.39 is 0 Å². The second kappa shape index (κ2) is 4.46. The molecule has 0 radical (unpaired) electrons. The van der Waals surface area contributed by atoms with E-state index in [4.69, 9.17) is 0 Å². The highest BCUT2D eigenvalue weighted by atomic mass is 32.2. The molecule has 1 atom stereocenters. The lowest BCUT2D eigenvalue weighted by Crippen LogP contribution is -2.10. The fraction of sp³-hybridized carbons (Fsp3) is 0.667. The van der Waals surface area contributed by atoms with Crippen LogP contribution in [-0.4, -0.2) is 17.3 Å². The number of carbonyl (C=O) groups excluding carboxylic acids is 1. The van der Waals surface area contributed by atoms with Crippen molar-refractivity contribution in [1.29, 1.82) is 0 Å². The Labute approximate surface area is 71.9 Å². The highest BCUT2D eigenvalue weighted by Gasteiger charge is 2.23. The van der Waals surface area contributed by atoms with E-state index in [2.05, 4.69) is 11.8 Å². The summed E-state index contributed by atoms with van der Waals surface area (Å²) < 4.78 is 0. The number of hydrogen-bond acceptors (Lipinski definition) is 2. The third-order valence-corrected chi connectivity index (χ3v) is 2.94. The zero-order chi connectivity index (χ0) is 8.10. The summed E-state index contributed by atoms with van der Waals surface area (Å²) >= 11 is 1.75. The summed E-state index contributed by atoms with van der Waals surface area (Å²) in [6, 6.07) is 0. The molecular weight excluding hydrogens is 156 g/mol. The molecule has 0 N–H and O–H groups in total. The fourth-order valence-corrected chi connectivity index (χ4v) is 2.32. The van der Waals surface area contributed by atoms with E-state index in [1.54, 1.807) is 11.8 Å². The number of hydrogen-bond donors (Lipinski definition) is 0. The van der Waals surface area contributed by atoms with Crippen molar-refractivity contribution in [2.45, 2.75) is 19.8 Å². The predicted octanol–water partition coefficient (Wildman–Crippen LogP) is 1.72. The van der Waals surface area contributed by atoms with Gasteiger partial charge in [0.05, 0.1) is 5.75 Å². The molecule has 0 aromatic carbocycles. The molecule has 1 unspecified atom stereocenters. The van der Waals surface area contributed by atoms with Gasteiger partial charge < -0.3 is 0 Å². The molecule has 1 fully saturated rings. The standard InChI is InChI=1S/C9H12OS/c1-2-3-4-5-8-6-11-7-9(8)10/h8H,4-7H2,1H3. The van der Waals surface area contributed by atoms with E-state index in [-0.39, 0.29) is 0 Å². The Kier molecular flexibility index (Phi) is 3.51. The first-order valence-electron chi connectivity index (χ1n) is 3.84. The molecule has 1 aliphatic heterocycles. The van der Waals surface area contributed by atoms with E-state index in [0.717, 1.165) is 24.3 Å². The lowest BCUT2D eigenvalue weighted by molar-refractivity contribution is -0.119. The van der Waals surface area contributed by atoms with Crippen molar-refractivity contribution in [3.05, 3.63) is 0 Å². The first-order chi connectivity index (χ1) is 5.34. The summed E-state index contributed by atoms with van der Waals surface area (Å²) in [6.45, 7) is 1.84. The Morgan fingerprint density at radius 1 is 1.73 bits per heavy atom. The monoisotopic (exact) mass is 168 g/mol. The van der Waals surface area contributed by atoms with E-state index in [1.807, 2.05) is 6.92 Å². The Morgan fingerprint density at radius 3 is 3.09 bits per heavy atom. The summed E-state index contributed by atoms with van der Waals surface area (Å²) in [5.41, 5.74) is 0. The quantitative estimate of drug-likeness (QED) is 0.584. The summed E-state index contributed by atoms with van der Waals surface area (Å²) in [7, 11) is 0. The van der Waals surface area contributed by atoms with Crippen molar-refractivity contribution in [3.63, 3.8) is 0 Å². The van der Waals surface area contributed by atoms with Gasteiger partial charge in [0.15, 0.2) is 0 Å². The molecule has 11 heavy (non-hydrogen) atoms. The van der Waals surface area contributed by atoms with Gasteiger partial charge in [0, 0.05) is 18.1 Å². The fourth-order valence-electron chi connectivity index (χ4n) is 1.13. The predicted molar refractivity (Wildman–Crippen MR) is 48.5 cm³/mol. The third kappa shape index (κ3) is 2.59. The van der Waals surface area contributed by atoms with Crippen LogP contribution >= 0.6 is 11.8 Å². The van der Waals surface area contributed by atoms with Crippen molar-refractivity contribution in [2.24, 2.45) is 5.92 Å². The van der Waals surface area contributed by atoms with Crippen LogP contribution in [-0.2, 0) is 4.79 Å². The molecule has 1 nitrogen and oxygen atoms in total. The van der Waals surface area contributed by atoms with Crippen LogP contribution in [0.1, 0.15) is 19.8 Å². The average molecular weight is 168 g/mol. The van der Waals surface area contributed by atoms with Crippen LogP contribution in [0.5, 0.6) is 0 Å². The van der Waals surface area contributed by atoms with E-state index in [1.165, 1.54) is 0 Å². The van der Waals surface area contributed by atoms with E-state index >= 15 is 0 Å². The van der Waals surface area contributed by atoms with E-state index in [0.29, 0.717) is 11.7 Å². The minimum Gasteiger partial charge on any atom is -0.298 e. The molecule has 0 aromatic rings. The van der Waals surface area contributed by atoms with Gasteiger partial charge in [-0.3, -0.25) is 4.79 Å². The third-order valence-electron chi connectivity index (χ3n) is 1.81. The van der Waals surface area contributed by atoms with Crippen molar-refractivity contribution in [2.75, 3.05) is 11.5 Å². The molecule has 0 aromatic heterocycles. The van der Waals surface area contributed by atoms with Gasteiger partial charge in [-0.1, -0.05) is 0 Å². The highest BCUT2D eigenvalue weighted by molar-refractivity contribution is 8.00. The number of thioether (sulfide) groups is 1. The Bertz CT molecular complexity index is 199. The van der Waals surface area contributed by atoms with E-state index in [9.17, 15) is 4.79 Å². The minimum absolute atomic E-state index is 0.306. The molecule has 0 aliphatic carbocycles. The molecule has 2 heteroatoms. The molecule has 1 aliphatic rings. The minimum atomic E-state index is 0.306. The van der Waals surface area contributed by atoms with Gasteiger partial charge in [-0.25, -0.2) is 0 Å². The smallest absolute Gasteiger partial charge is 0.146 e. The topological polar surface area (TPSA) is 17.1 Å². The first-order valence-corrected chi connectivity index (χ1v) is 5.00. The molecule has 1 saturated heterocycles. The maximum absolute atomic E-state index is 11.1. The number of carbonyl (C=O) groups is 1. The molecule has 0 bridgehead atoms. The summed E-state index contributed by atoms with van der Waals surface area (Å²) in [5.74, 6) is 8.30. The van der Waals surface area contributed by atoms with Gasteiger partial charge in [0.2, 0.25) is 0 Å². The number of Topliss-reactive ketones (excluding diaryl/α,β-unsaturated/α-hetero) is 1. The van der Waals surface area contributed by atoms with Gasteiger partial charge in [-0.05, 0) is 13.3 Å². The van der Waals surface area contributed by atoms with Crippen LogP contribution in [0, 0.1) is 17.8 Å². The number of rotatable bonds is 2. The largest absolute Gasteiger partial charge is 0.298 e. The Hall–Kier alpha value is -0.420. The molecule has 0 amide bonds. The maximum atomic E-state index is 11.1. The lowest BCUT2D eigenvalue weighted by Gasteiger charge is -2.01. The zero-order valence-electron chi connectivity index (χ0n) is 6.72. The van der Waals surface area contributed by atoms with Crippen LogP contribution in [0.2, 0.25) is 0 Å². The second-order valence-electron chi connectivity index (χ2n) is 2.64. The first kappa shape index (κ1) is 8.67. The van der Waals surface area contributed by atoms with Crippen LogP contribution < -0.4 is 0 Å². The lowest BCUT2D eigenvalue weighted by atomic mass is 10.0. The van der Waals surface area contributed by atoms with Crippen molar-refractivity contribution >= 4 is 17.5 Å². The van der Waals surface area contributed by atoms with Crippen LogP contribution in [0.15, 0.2) is 0 Å². The van der Waals surface area contributed by atoms with Crippen LogP contribution in [0.25, 0.3) is 0 Å². The van der Waals surface area contributed by atoms with Gasteiger partial charge in [0.25, 0.3) is 0 Å².